The summed E-state index contributed by atoms with van der Waals surface area (Å²) in [6, 6.07) is 0. The summed E-state index contributed by atoms with van der Waals surface area (Å²) in [5, 5.41) is 2.86. The van der Waals surface area contributed by atoms with E-state index in [1.807, 2.05) is 0 Å². The van der Waals surface area contributed by atoms with Crippen molar-refractivity contribution >= 4 is 11.8 Å². The Labute approximate surface area is 179 Å². The monoisotopic (exact) mass is 403 g/mol. The van der Waals surface area contributed by atoms with Crippen LogP contribution < -0.4 is 5.32 Å². The summed E-state index contributed by atoms with van der Waals surface area (Å²) in [7, 11) is 0. The molecule has 0 aromatic heterocycles. The largest absolute Gasteiger partial charge is 0.295 e. The number of imide groups is 1. The summed E-state index contributed by atoms with van der Waals surface area (Å²) in [5.74, 6) is 4.00. The second-order valence-corrected chi connectivity index (χ2v) is 12.1. The molecule has 1 aliphatic heterocycles. The van der Waals surface area contributed by atoms with Gasteiger partial charge in [0.1, 0.15) is 0 Å². The molecule has 0 aromatic carbocycles. The van der Waals surface area contributed by atoms with E-state index >= 15 is 0 Å². The van der Waals surface area contributed by atoms with Crippen LogP contribution in [0.4, 0.5) is 0 Å². The van der Waals surface area contributed by atoms with E-state index < -0.39 is 10.8 Å². The standard InChI is InChI=1S/C26H45NO2/c1-15(2)19-11-9-17(5)13-21(19)26(24(29)27-23(28)25(26,7)8)22-14-18(6)10-12-20(22)16(3)4/h15-22H,9-14H2,1-8H3,(H,27,28,29). The number of carbonyl (C=O) groups is 2. The smallest absolute Gasteiger partial charge is 0.234 e. The molecule has 0 bridgehead atoms. The van der Waals surface area contributed by atoms with Crippen LogP contribution in [0.25, 0.3) is 0 Å². The molecular formula is C26H45NO2. The molecule has 2 amide bonds. The van der Waals surface area contributed by atoms with Crippen LogP contribution in [0.15, 0.2) is 0 Å². The minimum Gasteiger partial charge on any atom is -0.295 e. The molecule has 0 aromatic rings. The second-order valence-electron chi connectivity index (χ2n) is 12.1. The predicted octanol–water partition coefficient (Wildman–Crippen LogP) is 6.07. The Morgan fingerprint density at radius 1 is 0.759 bits per heavy atom. The zero-order valence-corrected chi connectivity index (χ0v) is 20.2. The Morgan fingerprint density at radius 3 is 1.48 bits per heavy atom. The number of carbonyl (C=O) groups excluding carboxylic acids is 2. The molecule has 3 fully saturated rings. The van der Waals surface area contributed by atoms with Crippen molar-refractivity contribution in [1.29, 1.82) is 0 Å². The average Bonchev–Trinajstić information content (AvgIpc) is 2.79. The Bertz CT molecular complexity index is 603. The van der Waals surface area contributed by atoms with Gasteiger partial charge in [-0.15, -0.1) is 0 Å². The molecule has 3 rings (SSSR count). The minimum absolute atomic E-state index is 0.0380. The van der Waals surface area contributed by atoms with Gasteiger partial charge in [0, 0.05) is 0 Å². The van der Waals surface area contributed by atoms with Gasteiger partial charge in [-0.2, -0.15) is 0 Å². The number of nitrogens with one attached hydrogen (secondary N) is 1. The SMILES string of the molecule is CC1CCC(C(C)C)C(C2(C3CC(C)CCC3C(C)C)C(=O)NC(=O)C2(C)C)C1. The highest BCUT2D eigenvalue weighted by molar-refractivity contribution is 6.09. The average molecular weight is 404 g/mol. The normalized spacial score (nSPS) is 43.1. The first-order chi connectivity index (χ1) is 13.4. The lowest BCUT2D eigenvalue weighted by atomic mass is 9.43. The van der Waals surface area contributed by atoms with E-state index in [0.717, 1.165) is 12.8 Å². The summed E-state index contributed by atoms with van der Waals surface area (Å²) in [5.41, 5.74) is -1.22. The highest BCUT2D eigenvalue weighted by Gasteiger charge is 2.70. The summed E-state index contributed by atoms with van der Waals surface area (Å²) in [6.45, 7) is 18.2. The number of hydrogen-bond acceptors (Lipinski definition) is 2. The van der Waals surface area contributed by atoms with Crippen molar-refractivity contribution in [2.24, 2.45) is 58.2 Å². The second kappa shape index (κ2) is 8.00. The van der Waals surface area contributed by atoms with Crippen LogP contribution in [0.2, 0.25) is 0 Å². The summed E-state index contributed by atoms with van der Waals surface area (Å²) >= 11 is 0. The van der Waals surface area contributed by atoms with Gasteiger partial charge in [0.25, 0.3) is 0 Å². The molecule has 29 heavy (non-hydrogen) atoms. The highest BCUT2D eigenvalue weighted by Crippen LogP contribution is 2.65. The van der Waals surface area contributed by atoms with E-state index in [-0.39, 0.29) is 11.8 Å². The number of amides is 2. The third-order valence-corrected chi connectivity index (χ3v) is 9.42. The molecule has 166 valence electrons. The predicted molar refractivity (Wildman–Crippen MR) is 119 cm³/mol. The van der Waals surface area contributed by atoms with Crippen molar-refractivity contribution in [2.45, 2.75) is 93.9 Å². The molecule has 0 radical (unpaired) electrons. The third kappa shape index (κ3) is 3.49. The van der Waals surface area contributed by atoms with Crippen LogP contribution in [0.1, 0.15) is 93.9 Å². The van der Waals surface area contributed by atoms with Gasteiger partial charge in [-0.05, 0) is 86.9 Å². The first kappa shape index (κ1) is 22.8. The summed E-state index contributed by atoms with van der Waals surface area (Å²) in [4.78, 5) is 27.1. The van der Waals surface area contributed by atoms with Crippen LogP contribution in [0, 0.1) is 58.2 Å². The van der Waals surface area contributed by atoms with Crippen molar-refractivity contribution in [3.63, 3.8) is 0 Å². The fourth-order valence-corrected chi connectivity index (χ4v) is 7.82. The lowest BCUT2D eigenvalue weighted by molar-refractivity contribution is -0.164. The topological polar surface area (TPSA) is 46.2 Å². The molecule has 3 nitrogen and oxygen atoms in total. The van der Waals surface area contributed by atoms with Crippen molar-refractivity contribution in [3.05, 3.63) is 0 Å². The number of hydrogen-bond donors (Lipinski definition) is 1. The molecule has 6 unspecified atom stereocenters. The molecular weight excluding hydrogens is 358 g/mol. The molecule has 3 aliphatic rings. The maximum atomic E-state index is 13.9. The van der Waals surface area contributed by atoms with Crippen LogP contribution in [-0.2, 0) is 9.59 Å². The van der Waals surface area contributed by atoms with E-state index in [4.69, 9.17) is 0 Å². The first-order valence-corrected chi connectivity index (χ1v) is 12.3. The maximum absolute atomic E-state index is 13.9. The molecule has 1 saturated heterocycles. The van der Waals surface area contributed by atoms with E-state index in [1.54, 1.807) is 0 Å². The lowest BCUT2D eigenvalue weighted by Crippen LogP contribution is -2.59. The zero-order valence-electron chi connectivity index (χ0n) is 20.2. The van der Waals surface area contributed by atoms with Gasteiger partial charge >= 0.3 is 0 Å². The minimum atomic E-state index is -0.645. The Balaban J connectivity index is 2.22. The molecule has 3 heteroatoms. The van der Waals surface area contributed by atoms with Gasteiger partial charge in [-0.25, -0.2) is 0 Å². The Morgan fingerprint density at radius 2 is 1.17 bits per heavy atom. The summed E-state index contributed by atoms with van der Waals surface area (Å²) < 4.78 is 0. The third-order valence-electron chi connectivity index (χ3n) is 9.42. The van der Waals surface area contributed by atoms with Gasteiger partial charge in [0.2, 0.25) is 11.8 Å². The molecule has 1 heterocycles. The van der Waals surface area contributed by atoms with E-state index in [2.05, 4.69) is 60.7 Å². The molecule has 6 atom stereocenters. The fraction of sp³-hybridized carbons (Fsp3) is 0.923. The van der Waals surface area contributed by atoms with Gasteiger partial charge in [-0.3, -0.25) is 14.9 Å². The van der Waals surface area contributed by atoms with E-state index in [1.165, 1.54) is 25.7 Å². The van der Waals surface area contributed by atoms with Crippen LogP contribution in [0.5, 0.6) is 0 Å². The van der Waals surface area contributed by atoms with Gasteiger partial charge in [0.15, 0.2) is 0 Å². The van der Waals surface area contributed by atoms with Crippen LogP contribution in [-0.4, -0.2) is 11.8 Å². The van der Waals surface area contributed by atoms with Crippen molar-refractivity contribution in [1.82, 2.24) is 5.32 Å². The van der Waals surface area contributed by atoms with E-state index in [9.17, 15) is 9.59 Å². The van der Waals surface area contributed by atoms with Gasteiger partial charge in [0.05, 0.1) is 10.8 Å². The fourth-order valence-electron chi connectivity index (χ4n) is 7.82. The Hall–Kier alpha value is -0.860. The first-order valence-electron chi connectivity index (χ1n) is 12.3. The van der Waals surface area contributed by atoms with Crippen molar-refractivity contribution < 1.29 is 9.59 Å². The molecule has 2 aliphatic carbocycles. The molecule has 0 spiro atoms. The maximum Gasteiger partial charge on any atom is 0.234 e. The quantitative estimate of drug-likeness (QED) is 0.579. The van der Waals surface area contributed by atoms with Crippen molar-refractivity contribution in [2.75, 3.05) is 0 Å². The van der Waals surface area contributed by atoms with Crippen molar-refractivity contribution in [3.8, 4) is 0 Å². The lowest BCUT2D eigenvalue weighted by Gasteiger charge is -2.58. The van der Waals surface area contributed by atoms with Gasteiger partial charge in [-0.1, -0.05) is 54.4 Å². The molecule has 2 saturated carbocycles. The zero-order chi connectivity index (χ0) is 21.7. The van der Waals surface area contributed by atoms with Gasteiger partial charge < -0.3 is 0 Å². The van der Waals surface area contributed by atoms with Crippen LogP contribution >= 0.6 is 0 Å². The van der Waals surface area contributed by atoms with E-state index in [0.29, 0.717) is 47.3 Å². The molecule has 1 N–H and O–H groups in total. The van der Waals surface area contributed by atoms with Crippen LogP contribution in [0.3, 0.4) is 0 Å². The Kier molecular flexibility index (Phi) is 6.30. The number of rotatable bonds is 4. The highest BCUT2D eigenvalue weighted by atomic mass is 16.2. The summed E-state index contributed by atoms with van der Waals surface area (Å²) in [6.07, 6.45) is 7.06.